The summed E-state index contributed by atoms with van der Waals surface area (Å²) in [5, 5.41) is 12.5. The van der Waals surface area contributed by atoms with E-state index < -0.39 is 12.0 Å². The molecule has 3 rings (SSSR count). The second-order valence-electron chi connectivity index (χ2n) is 4.60. The minimum Gasteiger partial charge on any atom is -0.480 e. The van der Waals surface area contributed by atoms with Gasteiger partial charge in [0.05, 0.1) is 11.2 Å². The maximum atomic E-state index is 11.4. The molecule has 7 heteroatoms. The lowest BCUT2D eigenvalue weighted by Crippen LogP contribution is -2.55. The van der Waals surface area contributed by atoms with Crippen LogP contribution in [0.25, 0.3) is 11.0 Å². The van der Waals surface area contributed by atoms with Gasteiger partial charge in [0.2, 0.25) is 0 Å². The number of hydrogen-bond acceptors (Lipinski definition) is 5. The number of nitrogens with one attached hydrogen (secondary N) is 1. The van der Waals surface area contributed by atoms with E-state index in [1.54, 1.807) is 12.4 Å². The first kappa shape index (κ1) is 13.3. The molecule has 1 saturated heterocycles. The van der Waals surface area contributed by atoms with Crippen LogP contribution in [-0.4, -0.2) is 46.7 Å². The smallest absolute Gasteiger partial charge is 0.327 e. The number of aromatic nitrogens is 2. The summed E-state index contributed by atoms with van der Waals surface area (Å²) in [6.45, 7) is 1.81. The molecule has 0 bridgehead atoms. The molecule has 6 nitrogen and oxygen atoms in total. The van der Waals surface area contributed by atoms with Crippen LogP contribution in [0.1, 0.15) is 0 Å². The molecule has 1 fully saturated rings. The van der Waals surface area contributed by atoms with E-state index in [1.165, 1.54) is 0 Å². The first-order chi connectivity index (χ1) is 9.66. The molecule has 0 radical (unpaired) electrons. The maximum Gasteiger partial charge on any atom is 0.327 e. The molecule has 1 unspecified atom stereocenters. The van der Waals surface area contributed by atoms with Crippen molar-refractivity contribution in [2.45, 2.75) is 6.04 Å². The van der Waals surface area contributed by atoms with Crippen LogP contribution < -0.4 is 10.2 Å². The number of pyridine rings is 2. The highest BCUT2D eigenvalue weighted by molar-refractivity contribution is 9.10. The van der Waals surface area contributed by atoms with Crippen LogP contribution in [0, 0.1) is 0 Å². The molecule has 2 aromatic rings. The molecule has 0 amide bonds. The lowest BCUT2D eigenvalue weighted by molar-refractivity contribution is -0.138. The average molecular weight is 337 g/mol. The Balaban J connectivity index is 2.10. The van der Waals surface area contributed by atoms with E-state index in [1.807, 2.05) is 17.0 Å². The molecule has 1 aliphatic rings. The van der Waals surface area contributed by atoms with Gasteiger partial charge in [-0.1, -0.05) is 0 Å². The first-order valence-electron chi connectivity index (χ1n) is 6.27. The van der Waals surface area contributed by atoms with Crippen molar-refractivity contribution in [1.82, 2.24) is 15.3 Å². The van der Waals surface area contributed by atoms with Crippen molar-refractivity contribution in [2.24, 2.45) is 0 Å². The highest BCUT2D eigenvalue weighted by Crippen LogP contribution is 2.27. The van der Waals surface area contributed by atoms with Gasteiger partial charge in [-0.2, -0.15) is 0 Å². The predicted octanol–water partition coefficient (Wildman–Crippen LogP) is 1.26. The van der Waals surface area contributed by atoms with Crippen molar-refractivity contribution in [3.63, 3.8) is 0 Å². The Labute approximate surface area is 124 Å². The van der Waals surface area contributed by atoms with E-state index in [9.17, 15) is 9.90 Å². The number of halogens is 1. The van der Waals surface area contributed by atoms with Crippen molar-refractivity contribution < 1.29 is 9.90 Å². The van der Waals surface area contributed by atoms with Crippen molar-refractivity contribution in [3.8, 4) is 0 Å². The van der Waals surface area contributed by atoms with Gasteiger partial charge in [0.25, 0.3) is 0 Å². The van der Waals surface area contributed by atoms with Crippen LogP contribution >= 0.6 is 15.9 Å². The van der Waals surface area contributed by atoms with Gasteiger partial charge in [0.15, 0.2) is 0 Å². The highest BCUT2D eigenvalue weighted by Gasteiger charge is 2.29. The number of rotatable bonds is 2. The number of carbonyl (C=O) groups is 1. The molecule has 20 heavy (non-hydrogen) atoms. The third-order valence-corrected chi connectivity index (χ3v) is 3.79. The van der Waals surface area contributed by atoms with Gasteiger partial charge in [-0.25, -0.2) is 4.79 Å². The normalized spacial score (nSPS) is 19.2. The summed E-state index contributed by atoms with van der Waals surface area (Å²) in [6, 6.07) is 3.12. The molecule has 0 saturated carbocycles. The minimum atomic E-state index is -0.834. The summed E-state index contributed by atoms with van der Waals surface area (Å²) >= 11 is 3.37. The lowest BCUT2D eigenvalue weighted by Gasteiger charge is -2.35. The third-order valence-electron chi connectivity index (χ3n) is 3.36. The van der Waals surface area contributed by atoms with Crippen LogP contribution in [0.5, 0.6) is 0 Å². The molecule has 1 aliphatic heterocycles. The molecule has 3 heterocycles. The lowest BCUT2D eigenvalue weighted by atomic mass is 10.1. The quantitative estimate of drug-likeness (QED) is 0.859. The van der Waals surface area contributed by atoms with Crippen LogP contribution in [0.2, 0.25) is 0 Å². The fourth-order valence-corrected chi connectivity index (χ4v) is 2.76. The summed E-state index contributed by atoms with van der Waals surface area (Å²) in [4.78, 5) is 22.0. The van der Waals surface area contributed by atoms with E-state index in [2.05, 4.69) is 31.2 Å². The Morgan fingerprint density at radius 1 is 1.50 bits per heavy atom. The van der Waals surface area contributed by atoms with Crippen molar-refractivity contribution in [3.05, 3.63) is 29.0 Å². The van der Waals surface area contributed by atoms with Gasteiger partial charge in [0.1, 0.15) is 11.6 Å². The maximum absolute atomic E-state index is 11.4. The molecule has 0 aromatic carbocycles. The molecular weight excluding hydrogens is 324 g/mol. The van der Waals surface area contributed by atoms with Crippen molar-refractivity contribution in [1.29, 1.82) is 0 Å². The standard InChI is InChI=1S/C13H13BrN4O2/c14-8-5-9-12(17-6-8)10(1-2-16-9)18-4-3-15-7-11(18)13(19)20/h1-2,5-6,11,15H,3-4,7H2,(H,19,20). The second-order valence-corrected chi connectivity index (χ2v) is 5.52. The number of aliphatic carboxylic acids is 1. The van der Waals surface area contributed by atoms with Gasteiger partial charge in [0, 0.05) is 36.5 Å². The van der Waals surface area contributed by atoms with Crippen LogP contribution in [-0.2, 0) is 4.79 Å². The number of nitrogens with zero attached hydrogens (tertiary/aromatic N) is 3. The van der Waals surface area contributed by atoms with Gasteiger partial charge < -0.3 is 15.3 Å². The summed E-state index contributed by atoms with van der Waals surface area (Å²) < 4.78 is 0.852. The Kier molecular flexibility index (Phi) is 3.54. The summed E-state index contributed by atoms with van der Waals surface area (Å²) in [7, 11) is 0. The van der Waals surface area contributed by atoms with Crippen LogP contribution in [0.4, 0.5) is 5.69 Å². The SMILES string of the molecule is O=C(O)C1CNCCN1c1ccnc2cc(Br)cnc12. The number of anilines is 1. The van der Waals surface area contributed by atoms with Gasteiger partial charge in [-0.05, 0) is 28.1 Å². The summed E-state index contributed by atoms with van der Waals surface area (Å²) in [6.07, 6.45) is 3.39. The number of carboxylic acid groups (broad SMARTS) is 1. The predicted molar refractivity (Wildman–Crippen MR) is 78.9 cm³/mol. The zero-order chi connectivity index (χ0) is 14.1. The second kappa shape index (κ2) is 5.34. The van der Waals surface area contributed by atoms with Crippen LogP contribution in [0.3, 0.4) is 0 Å². The Morgan fingerprint density at radius 2 is 2.35 bits per heavy atom. The van der Waals surface area contributed by atoms with Crippen LogP contribution in [0.15, 0.2) is 29.0 Å². The molecule has 2 N–H and O–H groups in total. The van der Waals surface area contributed by atoms with E-state index in [0.29, 0.717) is 13.1 Å². The van der Waals surface area contributed by atoms with Gasteiger partial charge in [-0.3, -0.25) is 9.97 Å². The Morgan fingerprint density at radius 3 is 3.15 bits per heavy atom. The third kappa shape index (κ3) is 2.34. The number of fused-ring (bicyclic) bond motifs is 1. The molecule has 2 aromatic heterocycles. The van der Waals surface area contributed by atoms with E-state index >= 15 is 0 Å². The Hall–Kier alpha value is -1.73. The van der Waals surface area contributed by atoms with E-state index in [4.69, 9.17) is 0 Å². The number of piperazine rings is 1. The minimum absolute atomic E-state index is 0.426. The molecule has 0 aliphatic carbocycles. The number of carboxylic acids is 1. The monoisotopic (exact) mass is 336 g/mol. The summed E-state index contributed by atoms with van der Waals surface area (Å²) in [5.74, 6) is -0.834. The first-order valence-corrected chi connectivity index (χ1v) is 7.06. The molecule has 104 valence electrons. The molecule has 0 spiro atoms. The van der Waals surface area contributed by atoms with Gasteiger partial charge in [-0.15, -0.1) is 0 Å². The fourth-order valence-electron chi connectivity index (χ4n) is 2.44. The van der Waals surface area contributed by atoms with Crippen molar-refractivity contribution in [2.75, 3.05) is 24.5 Å². The average Bonchev–Trinajstić information content (AvgIpc) is 2.46. The van der Waals surface area contributed by atoms with Gasteiger partial charge >= 0.3 is 5.97 Å². The van der Waals surface area contributed by atoms with E-state index in [-0.39, 0.29) is 0 Å². The van der Waals surface area contributed by atoms with Crippen molar-refractivity contribution >= 4 is 38.6 Å². The number of hydrogen-bond donors (Lipinski definition) is 2. The topological polar surface area (TPSA) is 78.4 Å². The zero-order valence-corrected chi connectivity index (χ0v) is 12.2. The molecular formula is C13H13BrN4O2. The summed E-state index contributed by atoms with van der Waals surface area (Å²) in [5.41, 5.74) is 2.29. The Bertz CT molecular complexity index is 664. The largest absolute Gasteiger partial charge is 0.480 e. The highest BCUT2D eigenvalue weighted by atomic mass is 79.9. The zero-order valence-electron chi connectivity index (χ0n) is 10.6. The molecule has 1 atom stereocenters. The fraction of sp³-hybridized carbons (Fsp3) is 0.308. The van der Waals surface area contributed by atoms with E-state index in [0.717, 1.165) is 27.7 Å².